The average Bonchev–Trinajstić information content (AvgIpc) is 2.65. The normalized spacial score (nSPS) is 19.4. The van der Waals surface area contributed by atoms with Gasteiger partial charge in [0.05, 0.1) is 6.07 Å². The highest BCUT2D eigenvalue weighted by atomic mass is 15.2. The zero-order valence-electron chi connectivity index (χ0n) is 9.13. The van der Waals surface area contributed by atoms with Crippen molar-refractivity contribution in [3.05, 3.63) is 0 Å². The van der Waals surface area contributed by atoms with Crippen LogP contribution in [0.1, 0.15) is 32.6 Å². The summed E-state index contributed by atoms with van der Waals surface area (Å²) >= 11 is 0. The smallest absolute Gasteiger partial charge is 0.0622 e. The third-order valence-corrected chi connectivity index (χ3v) is 2.69. The number of nitriles is 1. The van der Waals surface area contributed by atoms with E-state index >= 15 is 0 Å². The lowest BCUT2D eigenvalue weighted by atomic mass is 10.2. The molecule has 0 spiro atoms. The molecule has 0 bridgehead atoms. The van der Waals surface area contributed by atoms with E-state index in [4.69, 9.17) is 5.26 Å². The Morgan fingerprint density at radius 3 is 2.79 bits per heavy atom. The second-order valence-corrected chi connectivity index (χ2v) is 4.12. The molecule has 0 radical (unpaired) electrons. The molecule has 0 saturated carbocycles. The number of unbranched alkanes of at least 4 members (excludes halogenated alkanes) is 1. The molecular weight excluding hydrogens is 174 g/mol. The van der Waals surface area contributed by atoms with Crippen LogP contribution in [0.5, 0.6) is 0 Å². The molecule has 0 aromatic carbocycles. The van der Waals surface area contributed by atoms with Crippen molar-refractivity contribution in [2.24, 2.45) is 0 Å². The van der Waals surface area contributed by atoms with E-state index in [1.54, 1.807) is 0 Å². The molecule has 1 fully saturated rings. The molecule has 3 nitrogen and oxygen atoms in total. The number of nitrogens with one attached hydrogen (secondary N) is 1. The molecule has 0 aromatic heterocycles. The molecule has 3 heteroatoms. The molecule has 1 aliphatic heterocycles. The number of hydrogen-bond acceptors (Lipinski definition) is 3. The summed E-state index contributed by atoms with van der Waals surface area (Å²) in [6.45, 7) is 6.90. The van der Waals surface area contributed by atoms with Crippen LogP contribution in [0.15, 0.2) is 0 Å². The van der Waals surface area contributed by atoms with Crippen LogP contribution in [-0.4, -0.2) is 37.1 Å². The van der Waals surface area contributed by atoms with E-state index in [-0.39, 0.29) is 0 Å². The van der Waals surface area contributed by atoms with Crippen LogP contribution in [-0.2, 0) is 0 Å². The first-order valence-electron chi connectivity index (χ1n) is 5.65. The Morgan fingerprint density at radius 2 is 2.14 bits per heavy atom. The highest BCUT2D eigenvalue weighted by molar-refractivity contribution is 4.74. The van der Waals surface area contributed by atoms with E-state index in [0.717, 1.165) is 19.5 Å². The summed E-state index contributed by atoms with van der Waals surface area (Å²) in [5.74, 6) is 0. The predicted molar refractivity (Wildman–Crippen MR) is 58.0 cm³/mol. The molecule has 1 saturated heterocycles. The fourth-order valence-corrected chi connectivity index (χ4v) is 1.93. The van der Waals surface area contributed by atoms with Crippen LogP contribution < -0.4 is 5.32 Å². The van der Waals surface area contributed by atoms with E-state index in [9.17, 15) is 0 Å². The Labute approximate surface area is 87.1 Å². The Bertz CT molecular complexity index is 179. The van der Waals surface area contributed by atoms with Crippen LogP contribution in [0.4, 0.5) is 0 Å². The summed E-state index contributed by atoms with van der Waals surface area (Å²) in [5, 5.41) is 11.8. The van der Waals surface area contributed by atoms with Crippen molar-refractivity contribution >= 4 is 0 Å². The Kier molecular flexibility index (Phi) is 5.58. The molecule has 1 heterocycles. The summed E-state index contributed by atoms with van der Waals surface area (Å²) in [6.07, 6.45) is 4.37. The predicted octanol–water partition coefficient (Wildman–Crippen LogP) is 1.36. The fraction of sp³-hybridized carbons (Fsp3) is 0.909. The second-order valence-electron chi connectivity index (χ2n) is 4.12. The molecule has 1 atom stereocenters. The van der Waals surface area contributed by atoms with Gasteiger partial charge in [-0.1, -0.05) is 0 Å². The summed E-state index contributed by atoms with van der Waals surface area (Å²) in [4.78, 5) is 2.52. The molecule has 0 amide bonds. The number of likely N-dealkylation sites (tertiary alicyclic amines) is 1. The van der Waals surface area contributed by atoms with E-state index in [1.807, 2.05) is 0 Å². The van der Waals surface area contributed by atoms with Crippen molar-refractivity contribution in [2.45, 2.75) is 38.6 Å². The largest absolute Gasteiger partial charge is 0.313 e. The van der Waals surface area contributed by atoms with Gasteiger partial charge in [-0.2, -0.15) is 5.26 Å². The first-order chi connectivity index (χ1) is 6.83. The van der Waals surface area contributed by atoms with Crippen molar-refractivity contribution in [1.82, 2.24) is 10.2 Å². The minimum absolute atomic E-state index is 0.562. The molecule has 0 aromatic rings. The molecule has 1 N–H and O–H groups in total. The lowest BCUT2D eigenvalue weighted by Gasteiger charge is -2.20. The van der Waals surface area contributed by atoms with Crippen molar-refractivity contribution in [3.63, 3.8) is 0 Å². The first kappa shape index (κ1) is 11.5. The van der Waals surface area contributed by atoms with Crippen LogP contribution in [0.25, 0.3) is 0 Å². The minimum Gasteiger partial charge on any atom is -0.313 e. The van der Waals surface area contributed by atoms with Gasteiger partial charge in [0.25, 0.3) is 0 Å². The van der Waals surface area contributed by atoms with Gasteiger partial charge in [-0.25, -0.2) is 0 Å². The quantitative estimate of drug-likeness (QED) is 0.650. The highest BCUT2D eigenvalue weighted by Gasteiger charge is 2.13. The molecular formula is C11H21N3. The summed E-state index contributed by atoms with van der Waals surface area (Å²) in [6, 6.07) is 2.73. The monoisotopic (exact) mass is 195 g/mol. The van der Waals surface area contributed by atoms with Crippen LogP contribution in [0.2, 0.25) is 0 Å². The van der Waals surface area contributed by atoms with Gasteiger partial charge in [-0.05, 0) is 45.8 Å². The fourth-order valence-electron chi connectivity index (χ4n) is 1.93. The lowest BCUT2D eigenvalue weighted by molar-refractivity contribution is 0.299. The van der Waals surface area contributed by atoms with Gasteiger partial charge in [-0.15, -0.1) is 0 Å². The van der Waals surface area contributed by atoms with Crippen molar-refractivity contribution in [2.75, 3.05) is 26.2 Å². The van der Waals surface area contributed by atoms with E-state index < -0.39 is 0 Å². The average molecular weight is 195 g/mol. The van der Waals surface area contributed by atoms with Gasteiger partial charge in [0.1, 0.15) is 0 Å². The Balaban J connectivity index is 1.98. The van der Waals surface area contributed by atoms with E-state index in [2.05, 4.69) is 23.2 Å². The van der Waals surface area contributed by atoms with Crippen LogP contribution in [0, 0.1) is 11.3 Å². The zero-order valence-corrected chi connectivity index (χ0v) is 9.13. The molecule has 0 aliphatic carbocycles. The van der Waals surface area contributed by atoms with E-state index in [1.165, 1.54) is 25.9 Å². The van der Waals surface area contributed by atoms with Gasteiger partial charge < -0.3 is 10.2 Å². The standard InChI is InChI=1S/C11H21N3/c1-11(13-7-3-2-6-12)10-14-8-4-5-9-14/h11,13H,2-5,7-10H2,1H3. The zero-order chi connectivity index (χ0) is 10.2. The molecule has 1 unspecified atom stereocenters. The van der Waals surface area contributed by atoms with Crippen LogP contribution in [0.3, 0.4) is 0 Å². The lowest BCUT2D eigenvalue weighted by Crippen LogP contribution is -2.38. The molecule has 1 rings (SSSR count). The summed E-state index contributed by atoms with van der Waals surface area (Å²) in [7, 11) is 0. The number of rotatable bonds is 6. The summed E-state index contributed by atoms with van der Waals surface area (Å²) in [5.41, 5.74) is 0. The van der Waals surface area contributed by atoms with Crippen molar-refractivity contribution < 1.29 is 0 Å². The Hall–Kier alpha value is -0.590. The first-order valence-corrected chi connectivity index (χ1v) is 5.65. The summed E-state index contributed by atoms with van der Waals surface area (Å²) < 4.78 is 0. The second kappa shape index (κ2) is 6.80. The maximum Gasteiger partial charge on any atom is 0.0622 e. The maximum atomic E-state index is 8.38. The third-order valence-electron chi connectivity index (χ3n) is 2.69. The van der Waals surface area contributed by atoms with Crippen molar-refractivity contribution in [3.8, 4) is 6.07 Å². The molecule has 80 valence electrons. The molecule has 1 aliphatic rings. The van der Waals surface area contributed by atoms with E-state index in [0.29, 0.717) is 12.5 Å². The highest BCUT2D eigenvalue weighted by Crippen LogP contribution is 2.07. The number of nitrogens with zero attached hydrogens (tertiary/aromatic N) is 2. The topological polar surface area (TPSA) is 39.1 Å². The van der Waals surface area contributed by atoms with Crippen LogP contribution >= 0.6 is 0 Å². The molecule has 14 heavy (non-hydrogen) atoms. The van der Waals surface area contributed by atoms with Gasteiger partial charge in [0.2, 0.25) is 0 Å². The van der Waals surface area contributed by atoms with Gasteiger partial charge in [0.15, 0.2) is 0 Å². The third kappa shape index (κ3) is 4.59. The van der Waals surface area contributed by atoms with Gasteiger partial charge in [0, 0.05) is 19.0 Å². The maximum absolute atomic E-state index is 8.38. The van der Waals surface area contributed by atoms with Gasteiger partial charge in [-0.3, -0.25) is 0 Å². The van der Waals surface area contributed by atoms with Crippen molar-refractivity contribution in [1.29, 1.82) is 5.26 Å². The van der Waals surface area contributed by atoms with Gasteiger partial charge >= 0.3 is 0 Å². The number of hydrogen-bond donors (Lipinski definition) is 1. The Morgan fingerprint density at radius 1 is 1.43 bits per heavy atom. The minimum atomic E-state index is 0.562. The SMILES string of the molecule is CC(CN1CCCC1)NCCCC#N.